The second kappa shape index (κ2) is 6.22. The van der Waals surface area contributed by atoms with Gasteiger partial charge in [0.25, 0.3) is 0 Å². The number of methoxy groups -OCH3 is 1. The van der Waals surface area contributed by atoms with Gasteiger partial charge < -0.3 is 15.2 Å². The van der Waals surface area contributed by atoms with Gasteiger partial charge in [-0.2, -0.15) is 5.26 Å². The molecule has 0 saturated carbocycles. The van der Waals surface area contributed by atoms with Crippen molar-refractivity contribution in [2.24, 2.45) is 0 Å². The molecular formula is C17H11ClFN3O2. The minimum atomic E-state index is -0.634. The van der Waals surface area contributed by atoms with Gasteiger partial charge in [-0.15, -0.1) is 0 Å². The minimum Gasteiger partial charge on any atom is -0.504 e. The normalized spacial score (nSPS) is 10.4. The van der Waals surface area contributed by atoms with Gasteiger partial charge in [-0.25, -0.2) is 4.39 Å². The lowest BCUT2D eigenvalue weighted by Gasteiger charge is -2.14. The van der Waals surface area contributed by atoms with E-state index in [9.17, 15) is 14.8 Å². The molecule has 24 heavy (non-hydrogen) atoms. The average Bonchev–Trinajstić information content (AvgIpc) is 2.58. The summed E-state index contributed by atoms with van der Waals surface area (Å²) in [5, 5.41) is 22.6. The number of nitrogens with one attached hydrogen (secondary N) is 1. The molecule has 0 radical (unpaired) electrons. The highest BCUT2D eigenvalue weighted by Gasteiger charge is 2.15. The van der Waals surface area contributed by atoms with Crippen LogP contribution in [0, 0.1) is 17.1 Å². The number of hydrogen-bond donors (Lipinski definition) is 2. The average molecular weight is 344 g/mol. The molecule has 0 saturated heterocycles. The van der Waals surface area contributed by atoms with E-state index in [1.54, 1.807) is 6.07 Å². The fourth-order valence-electron chi connectivity index (χ4n) is 2.33. The van der Waals surface area contributed by atoms with Crippen LogP contribution in [-0.4, -0.2) is 17.2 Å². The van der Waals surface area contributed by atoms with Crippen LogP contribution in [0.5, 0.6) is 11.5 Å². The minimum absolute atomic E-state index is 0.0404. The largest absolute Gasteiger partial charge is 0.504 e. The summed E-state index contributed by atoms with van der Waals surface area (Å²) < 4.78 is 19.2. The van der Waals surface area contributed by atoms with E-state index in [0.29, 0.717) is 16.6 Å². The molecule has 0 aliphatic rings. The van der Waals surface area contributed by atoms with Crippen LogP contribution in [0.1, 0.15) is 5.56 Å². The molecule has 0 fully saturated rings. The van der Waals surface area contributed by atoms with Crippen molar-refractivity contribution in [3.8, 4) is 17.6 Å². The summed E-state index contributed by atoms with van der Waals surface area (Å²) in [6, 6.07) is 9.45. The Bertz CT molecular complexity index is 986. The van der Waals surface area contributed by atoms with Crippen LogP contribution in [0.4, 0.5) is 15.8 Å². The number of anilines is 2. The van der Waals surface area contributed by atoms with E-state index in [0.717, 1.165) is 0 Å². The molecule has 0 amide bonds. The lowest BCUT2D eigenvalue weighted by atomic mass is 10.1. The molecule has 1 heterocycles. The summed E-state index contributed by atoms with van der Waals surface area (Å²) in [7, 11) is 1.42. The first-order valence-electron chi connectivity index (χ1n) is 6.86. The third-order valence-electron chi connectivity index (χ3n) is 3.50. The monoisotopic (exact) mass is 343 g/mol. The van der Waals surface area contributed by atoms with E-state index in [1.165, 1.54) is 37.6 Å². The van der Waals surface area contributed by atoms with Crippen LogP contribution in [0.3, 0.4) is 0 Å². The number of ether oxygens (including phenoxy) is 1. The van der Waals surface area contributed by atoms with Crippen molar-refractivity contribution >= 4 is 33.9 Å². The molecule has 2 N–H and O–H groups in total. The third kappa shape index (κ3) is 2.66. The number of phenols is 1. The lowest BCUT2D eigenvalue weighted by molar-refractivity contribution is 0.374. The van der Waals surface area contributed by atoms with Crippen LogP contribution >= 0.6 is 11.6 Å². The van der Waals surface area contributed by atoms with Gasteiger partial charge in [0.05, 0.1) is 34.6 Å². The summed E-state index contributed by atoms with van der Waals surface area (Å²) in [5.74, 6) is -0.498. The van der Waals surface area contributed by atoms with Crippen LogP contribution in [0.15, 0.2) is 36.5 Å². The zero-order valence-corrected chi connectivity index (χ0v) is 13.2. The first-order chi connectivity index (χ1) is 11.5. The summed E-state index contributed by atoms with van der Waals surface area (Å²) in [5.41, 5.74) is 1.11. The highest BCUT2D eigenvalue weighted by atomic mass is 35.5. The second-order valence-electron chi connectivity index (χ2n) is 4.93. The van der Waals surface area contributed by atoms with Gasteiger partial charge in [-0.3, -0.25) is 4.98 Å². The third-order valence-corrected chi connectivity index (χ3v) is 3.79. The second-order valence-corrected chi connectivity index (χ2v) is 5.33. The Kier molecular flexibility index (Phi) is 4.11. The van der Waals surface area contributed by atoms with Crippen molar-refractivity contribution in [1.82, 2.24) is 4.98 Å². The molecule has 3 rings (SSSR count). The van der Waals surface area contributed by atoms with Crippen molar-refractivity contribution in [2.75, 3.05) is 12.4 Å². The number of halogens is 2. The first-order valence-corrected chi connectivity index (χ1v) is 7.23. The molecule has 120 valence electrons. The van der Waals surface area contributed by atoms with E-state index >= 15 is 0 Å². The van der Waals surface area contributed by atoms with Crippen molar-refractivity contribution < 1.29 is 14.2 Å². The molecule has 5 nitrogen and oxygen atoms in total. The number of aromatic nitrogens is 1. The number of rotatable bonds is 3. The molecule has 3 aromatic rings. The maximum atomic E-state index is 14.2. The zero-order chi connectivity index (χ0) is 17.3. The predicted molar refractivity (Wildman–Crippen MR) is 89.4 cm³/mol. The maximum Gasteiger partial charge on any atom is 0.165 e. The Hall–Kier alpha value is -3.04. The number of phenolic OH excluding ortho intramolecular Hbond substituents is 1. The van der Waals surface area contributed by atoms with E-state index < -0.39 is 5.82 Å². The summed E-state index contributed by atoms with van der Waals surface area (Å²) >= 11 is 5.79. The fraction of sp³-hybridized carbons (Fsp3) is 0.0588. The standard InChI is InChI=1S/C17H11ClFN3O2/c1-24-15-6-13-10(5-14(15)23)17(9(7-20)8-21-13)22-12-4-2-3-11(18)16(12)19/h2-6,8,23H,1H3,(H,21,22). The summed E-state index contributed by atoms with van der Waals surface area (Å²) in [6.07, 6.45) is 1.36. The highest BCUT2D eigenvalue weighted by Crippen LogP contribution is 2.37. The van der Waals surface area contributed by atoms with E-state index in [-0.39, 0.29) is 27.8 Å². The molecule has 7 heteroatoms. The number of fused-ring (bicyclic) bond motifs is 1. The van der Waals surface area contributed by atoms with Gasteiger partial charge in [-0.05, 0) is 18.2 Å². The zero-order valence-electron chi connectivity index (χ0n) is 12.5. The van der Waals surface area contributed by atoms with Crippen LogP contribution in [0.25, 0.3) is 10.9 Å². The maximum absolute atomic E-state index is 14.2. The summed E-state index contributed by atoms with van der Waals surface area (Å²) in [6.45, 7) is 0. The molecule has 1 aromatic heterocycles. The number of pyridine rings is 1. The number of hydrogen-bond acceptors (Lipinski definition) is 5. The van der Waals surface area contributed by atoms with E-state index in [1.807, 2.05) is 6.07 Å². The Labute approximate surface area is 141 Å². The molecule has 0 spiro atoms. The summed E-state index contributed by atoms with van der Waals surface area (Å²) in [4.78, 5) is 4.17. The first kappa shape index (κ1) is 15.8. The number of nitrogens with zero attached hydrogens (tertiary/aromatic N) is 2. The van der Waals surface area contributed by atoms with Crippen molar-refractivity contribution in [3.05, 3.63) is 52.9 Å². The molecule has 2 aromatic carbocycles. The lowest BCUT2D eigenvalue weighted by Crippen LogP contribution is -1.99. The van der Waals surface area contributed by atoms with Gasteiger partial charge >= 0.3 is 0 Å². The predicted octanol–water partition coefficient (Wildman–Crippen LogP) is 4.36. The number of aromatic hydroxyl groups is 1. The van der Waals surface area contributed by atoms with Crippen molar-refractivity contribution in [1.29, 1.82) is 5.26 Å². The topological polar surface area (TPSA) is 78.2 Å². The van der Waals surface area contributed by atoms with Gasteiger partial charge in [0, 0.05) is 17.6 Å². The van der Waals surface area contributed by atoms with E-state index in [2.05, 4.69) is 10.3 Å². The van der Waals surface area contributed by atoms with Gasteiger partial charge in [-0.1, -0.05) is 17.7 Å². The SMILES string of the molecule is COc1cc2ncc(C#N)c(Nc3cccc(Cl)c3F)c2cc1O. The van der Waals surface area contributed by atoms with Crippen LogP contribution in [-0.2, 0) is 0 Å². The van der Waals surface area contributed by atoms with Crippen molar-refractivity contribution in [3.63, 3.8) is 0 Å². The van der Waals surface area contributed by atoms with E-state index in [4.69, 9.17) is 16.3 Å². The van der Waals surface area contributed by atoms with Gasteiger partial charge in [0.15, 0.2) is 17.3 Å². The Balaban J connectivity index is 2.23. The Morgan fingerprint density at radius 2 is 2.17 bits per heavy atom. The van der Waals surface area contributed by atoms with Crippen molar-refractivity contribution in [2.45, 2.75) is 0 Å². The number of benzene rings is 2. The van der Waals surface area contributed by atoms with Gasteiger partial charge in [0.1, 0.15) is 6.07 Å². The van der Waals surface area contributed by atoms with Crippen LogP contribution in [0.2, 0.25) is 5.02 Å². The Morgan fingerprint density at radius 1 is 1.38 bits per heavy atom. The van der Waals surface area contributed by atoms with Gasteiger partial charge in [0.2, 0.25) is 0 Å². The quantitative estimate of drug-likeness (QED) is 0.739. The molecule has 0 atom stereocenters. The molecule has 0 bridgehead atoms. The fourth-order valence-corrected chi connectivity index (χ4v) is 2.50. The Morgan fingerprint density at radius 3 is 2.88 bits per heavy atom. The highest BCUT2D eigenvalue weighted by molar-refractivity contribution is 6.31. The molecule has 0 aliphatic heterocycles. The number of nitriles is 1. The molecule has 0 aliphatic carbocycles. The molecular weight excluding hydrogens is 333 g/mol. The van der Waals surface area contributed by atoms with Crippen LogP contribution < -0.4 is 10.1 Å². The smallest absolute Gasteiger partial charge is 0.165 e. The molecule has 0 unspecified atom stereocenters.